The molecule has 1 amide bonds. The van der Waals surface area contributed by atoms with Gasteiger partial charge in [-0.1, -0.05) is 0 Å². The molecular weight excluding hydrogens is 389 g/mol. The molecule has 0 spiro atoms. The van der Waals surface area contributed by atoms with Crippen molar-refractivity contribution < 1.29 is 14.5 Å². The number of hydrogen-bond donors (Lipinski definition) is 1. The summed E-state index contributed by atoms with van der Waals surface area (Å²) >= 11 is 2.10. The van der Waals surface area contributed by atoms with Crippen LogP contribution < -0.4 is 10.1 Å². The fourth-order valence-corrected chi connectivity index (χ4v) is 1.93. The van der Waals surface area contributed by atoms with Crippen LogP contribution >= 0.6 is 22.6 Å². The summed E-state index contributed by atoms with van der Waals surface area (Å²) in [6, 6.07) is 7.27. The number of amides is 1. The Bertz CT molecular complexity index is 688. The third-order valence-electron chi connectivity index (χ3n) is 2.61. The van der Waals surface area contributed by atoms with E-state index < -0.39 is 10.8 Å². The van der Waals surface area contributed by atoms with Gasteiger partial charge in [0, 0.05) is 15.8 Å². The average molecular weight is 399 g/mol. The van der Waals surface area contributed by atoms with Crippen LogP contribution in [0.5, 0.6) is 5.75 Å². The van der Waals surface area contributed by atoms with Crippen molar-refractivity contribution in [1.82, 2.24) is 4.98 Å². The van der Waals surface area contributed by atoms with Gasteiger partial charge in [0.2, 0.25) is 0 Å². The summed E-state index contributed by atoms with van der Waals surface area (Å²) in [5, 5.41) is 13.3. The Kier molecular flexibility index (Phi) is 4.68. The van der Waals surface area contributed by atoms with Crippen LogP contribution in [-0.4, -0.2) is 22.9 Å². The molecule has 1 aromatic heterocycles. The second-order valence-corrected chi connectivity index (χ2v) is 5.20. The zero-order valence-electron chi connectivity index (χ0n) is 10.9. The molecule has 0 aliphatic carbocycles. The highest BCUT2D eigenvalue weighted by Gasteiger charge is 2.17. The van der Waals surface area contributed by atoms with Gasteiger partial charge in [0.15, 0.2) is 0 Å². The van der Waals surface area contributed by atoms with Gasteiger partial charge in [-0.2, -0.15) is 0 Å². The molecule has 0 aliphatic heterocycles. The van der Waals surface area contributed by atoms with E-state index in [2.05, 4.69) is 32.9 Å². The van der Waals surface area contributed by atoms with Crippen LogP contribution in [-0.2, 0) is 0 Å². The minimum atomic E-state index is -0.551. The molecule has 0 saturated carbocycles. The lowest BCUT2D eigenvalue weighted by Gasteiger charge is -2.08. The van der Waals surface area contributed by atoms with E-state index in [-0.39, 0.29) is 17.0 Å². The van der Waals surface area contributed by atoms with E-state index in [1.54, 1.807) is 18.3 Å². The molecule has 0 atom stereocenters. The highest BCUT2D eigenvalue weighted by atomic mass is 127. The van der Waals surface area contributed by atoms with Crippen LogP contribution in [0.4, 0.5) is 11.5 Å². The number of methoxy groups -OCH3 is 1. The van der Waals surface area contributed by atoms with Gasteiger partial charge in [0.05, 0.1) is 23.7 Å². The molecule has 2 aromatic rings. The lowest BCUT2D eigenvalue weighted by atomic mass is 10.1. The van der Waals surface area contributed by atoms with Crippen molar-refractivity contribution in [2.75, 3.05) is 12.4 Å². The maximum Gasteiger partial charge on any atom is 0.273 e. The molecule has 8 heteroatoms. The van der Waals surface area contributed by atoms with Gasteiger partial charge in [-0.05, 0) is 40.8 Å². The summed E-state index contributed by atoms with van der Waals surface area (Å²) in [7, 11) is 1.35. The zero-order valence-corrected chi connectivity index (χ0v) is 13.0. The van der Waals surface area contributed by atoms with Gasteiger partial charge in [-0.25, -0.2) is 4.98 Å². The minimum Gasteiger partial charge on any atom is -0.496 e. The van der Waals surface area contributed by atoms with E-state index in [9.17, 15) is 14.9 Å². The van der Waals surface area contributed by atoms with Crippen LogP contribution in [0.25, 0.3) is 0 Å². The molecule has 1 N–H and O–H groups in total. The second-order valence-electron chi connectivity index (χ2n) is 3.96. The lowest BCUT2D eigenvalue weighted by Crippen LogP contribution is -2.14. The van der Waals surface area contributed by atoms with E-state index in [1.165, 1.54) is 25.3 Å². The predicted molar refractivity (Wildman–Crippen MR) is 84.6 cm³/mol. The molecule has 0 aliphatic rings. The summed E-state index contributed by atoms with van der Waals surface area (Å²) in [5.74, 6) is 0.0727. The summed E-state index contributed by atoms with van der Waals surface area (Å²) in [6.45, 7) is 0. The van der Waals surface area contributed by atoms with E-state index in [4.69, 9.17) is 4.74 Å². The number of nitro groups is 1. The van der Waals surface area contributed by atoms with E-state index in [1.807, 2.05) is 0 Å². The maximum absolute atomic E-state index is 12.2. The van der Waals surface area contributed by atoms with E-state index >= 15 is 0 Å². The number of nitrogens with one attached hydrogen (secondary N) is 1. The Morgan fingerprint density at radius 3 is 2.71 bits per heavy atom. The largest absolute Gasteiger partial charge is 0.496 e. The fraction of sp³-hybridized carbons (Fsp3) is 0.0769. The average Bonchev–Trinajstić information content (AvgIpc) is 2.48. The molecule has 1 aromatic carbocycles. The molecule has 0 bridgehead atoms. The smallest absolute Gasteiger partial charge is 0.273 e. The molecule has 0 fully saturated rings. The fourth-order valence-electron chi connectivity index (χ4n) is 1.61. The SMILES string of the molecule is COc1cc([N+](=O)[O-])ccc1C(=O)Nc1ccc(I)cn1. The monoisotopic (exact) mass is 399 g/mol. The number of hydrogen-bond acceptors (Lipinski definition) is 5. The molecule has 7 nitrogen and oxygen atoms in total. The lowest BCUT2D eigenvalue weighted by molar-refractivity contribution is -0.384. The minimum absolute atomic E-state index is 0.132. The van der Waals surface area contributed by atoms with Gasteiger partial charge in [-0.3, -0.25) is 14.9 Å². The van der Waals surface area contributed by atoms with E-state index in [0.29, 0.717) is 5.82 Å². The summed E-state index contributed by atoms with van der Waals surface area (Å²) in [5.41, 5.74) is 0.0549. The number of anilines is 1. The molecule has 2 rings (SSSR count). The van der Waals surface area contributed by atoms with Crippen molar-refractivity contribution in [3.05, 3.63) is 55.8 Å². The van der Waals surface area contributed by atoms with Crippen LogP contribution in [0.3, 0.4) is 0 Å². The van der Waals surface area contributed by atoms with Crippen LogP contribution in [0.15, 0.2) is 36.5 Å². The van der Waals surface area contributed by atoms with Gasteiger partial charge in [0.25, 0.3) is 11.6 Å². The van der Waals surface area contributed by atoms with Crippen molar-refractivity contribution in [1.29, 1.82) is 0 Å². The number of nitrogens with zero attached hydrogens (tertiary/aromatic N) is 2. The number of rotatable bonds is 4. The van der Waals surface area contributed by atoms with Crippen molar-refractivity contribution in [3.63, 3.8) is 0 Å². The first-order valence-electron chi connectivity index (χ1n) is 5.76. The zero-order chi connectivity index (χ0) is 15.4. The number of aromatic nitrogens is 1. The topological polar surface area (TPSA) is 94.4 Å². The molecule has 0 radical (unpaired) electrons. The maximum atomic E-state index is 12.2. The first-order valence-corrected chi connectivity index (χ1v) is 6.84. The normalized spacial score (nSPS) is 10.0. The van der Waals surface area contributed by atoms with Crippen molar-refractivity contribution in [2.24, 2.45) is 0 Å². The molecule has 21 heavy (non-hydrogen) atoms. The number of halogens is 1. The summed E-state index contributed by atoms with van der Waals surface area (Å²) in [4.78, 5) is 26.4. The highest BCUT2D eigenvalue weighted by molar-refractivity contribution is 14.1. The molecule has 0 unspecified atom stereocenters. The van der Waals surface area contributed by atoms with Crippen LogP contribution in [0, 0.1) is 13.7 Å². The Morgan fingerprint density at radius 1 is 1.38 bits per heavy atom. The standard InChI is InChI=1S/C13H10IN3O4/c1-21-11-6-9(17(19)20)3-4-10(11)13(18)16-12-5-2-8(14)7-15-12/h2-7H,1H3,(H,15,16,18). The number of nitro benzene ring substituents is 1. The molecule has 1 heterocycles. The molecular formula is C13H10IN3O4. The number of non-ortho nitro benzene ring substituents is 1. The molecule has 0 saturated heterocycles. The molecule has 108 valence electrons. The van der Waals surface area contributed by atoms with Crippen molar-refractivity contribution in [3.8, 4) is 5.75 Å². The van der Waals surface area contributed by atoms with Gasteiger partial charge >= 0.3 is 0 Å². The highest BCUT2D eigenvalue weighted by Crippen LogP contribution is 2.25. The van der Waals surface area contributed by atoms with Crippen LogP contribution in [0.1, 0.15) is 10.4 Å². The summed E-state index contributed by atoms with van der Waals surface area (Å²) < 4.78 is 5.97. The van der Waals surface area contributed by atoms with Gasteiger partial charge < -0.3 is 10.1 Å². The third-order valence-corrected chi connectivity index (χ3v) is 3.25. The summed E-state index contributed by atoms with van der Waals surface area (Å²) in [6.07, 6.45) is 1.61. The van der Waals surface area contributed by atoms with Gasteiger partial charge in [0.1, 0.15) is 11.6 Å². The van der Waals surface area contributed by atoms with Crippen molar-refractivity contribution >= 4 is 40.0 Å². The third kappa shape index (κ3) is 3.66. The Balaban J connectivity index is 2.26. The number of benzene rings is 1. The number of carbonyl (C=O) groups excluding carboxylic acids is 1. The first-order chi connectivity index (χ1) is 10.0. The number of ether oxygens (including phenoxy) is 1. The Morgan fingerprint density at radius 2 is 2.14 bits per heavy atom. The Labute approximate surface area is 133 Å². The first kappa shape index (κ1) is 15.2. The predicted octanol–water partition coefficient (Wildman–Crippen LogP) is 2.86. The quantitative estimate of drug-likeness (QED) is 0.485. The van der Waals surface area contributed by atoms with Crippen molar-refractivity contribution in [2.45, 2.75) is 0 Å². The van der Waals surface area contributed by atoms with Crippen LogP contribution in [0.2, 0.25) is 0 Å². The van der Waals surface area contributed by atoms with Gasteiger partial charge in [-0.15, -0.1) is 0 Å². The second kappa shape index (κ2) is 6.48. The number of pyridine rings is 1. The Hall–Kier alpha value is -2.23. The van der Waals surface area contributed by atoms with E-state index in [0.717, 1.165) is 3.57 Å². The number of carbonyl (C=O) groups is 1.